The standard InChI is InChI=1S/C14H19N7.C2H2O4/c1-19(2)8-9-21-7-6-11-10-12(4-5-13(11)21)15-14-16-17-18-20(14)3;3-1(4)2(5)6/h4-7,10H,8-9H2,1-3H3,(H,15,16,18);(H,3,4)(H,5,6). The normalized spacial score (nSPS) is 10.5. The minimum atomic E-state index is -1.82. The monoisotopic (exact) mass is 375 g/mol. The molecule has 1 aromatic carbocycles. The maximum atomic E-state index is 9.10. The largest absolute Gasteiger partial charge is 0.473 e. The molecule has 27 heavy (non-hydrogen) atoms. The highest BCUT2D eigenvalue weighted by atomic mass is 16.4. The van der Waals surface area contributed by atoms with Crippen molar-refractivity contribution in [2.24, 2.45) is 7.05 Å². The summed E-state index contributed by atoms with van der Waals surface area (Å²) in [4.78, 5) is 20.4. The fourth-order valence-corrected chi connectivity index (χ4v) is 2.25. The van der Waals surface area contributed by atoms with Gasteiger partial charge in [-0.2, -0.15) is 0 Å². The first-order valence-electron chi connectivity index (χ1n) is 7.97. The van der Waals surface area contributed by atoms with Crippen LogP contribution >= 0.6 is 0 Å². The molecule has 144 valence electrons. The first-order chi connectivity index (χ1) is 12.8. The van der Waals surface area contributed by atoms with Gasteiger partial charge in [-0.1, -0.05) is 5.10 Å². The summed E-state index contributed by atoms with van der Waals surface area (Å²) in [5, 5.41) is 30.5. The number of tetrazole rings is 1. The van der Waals surface area contributed by atoms with E-state index in [1.165, 1.54) is 10.9 Å². The third-order valence-corrected chi connectivity index (χ3v) is 3.62. The molecule has 0 aliphatic carbocycles. The number of nitrogens with zero attached hydrogens (tertiary/aromatic N) is 6. The van der Waals surface area contributed by atoms with Gasteiger partial charge in [-0.25, -0.2) is 14.3 Å². The maximum absolute atomic E-state index is 9.10. The van der Waals surface area contributed by atoms with Crippen LogP contribution in [0.3, 0.4) is 0 Å². The minimum absolute atomic E-state index is 0.626. The number of aryl methyl sites for hydroxylation is 1. The van der Waals surface area contributed by atoms with Crippen LogP contribution in [-0.4, -0.2) is 72.5 Å². The molecule has 3 aromatic rings. The van der Waals surface area contributed by atoms with Crippen molar-refractivity contribution in [1.29, 1.82) is 0 Å². The highest BCUT2D eigenvalue weighted by Gasteiger charge is 2.06. The van der Waals surface area contributed by atoms with Crippen molar-refractivity contribution in [3.05, 3.63) is 30.5 Å². The number of anilines is 2. The molecule has 11 heteroatoms. The van der Waals surface area contributed by atoms with E-state index in [1.807, 2.05) is 6.07 Å². The van der Waals surface area contributed by atoms with Gasteiger partial charge in [-0.05, 0) is 48.8 Å². The van der Waals surface area contributed by atoms with Gasteiger partial charge in [0, 0.05) is 42.9 Å². The van der Waals surface area contributed by atoms with Gasteiger partial charge >= 0.3 is 11.9 Å². The molecular weight excluding hydrogens is 354 g/mol. The van der Waals surface area contributed by atoms with Crippen molar-refractivity contribution in [2.45, 2.75) is 6.54 Å². The Hall–Kier alpha value is -3.47. The van der Waals surface area contributed by atoms with Crippen molar-refractivity contribution in [2.75, 3.05) is 26.0 Å². The Labute approximate surface area is 154 Å². The third kappa shape index (κ3) is 5.51. The van der Waals surface area contributed by atoms with E-state index >= 15 is 0 Å². The molecule has 0 amide bonds. The predicted molar refractivity (Wildman–Crippen MR) is 97.8 cm³/mol. The zero-order chi connectivity index (χ0) is 20.0. The quantitative estimate of drug-likeness (QED) is 0.548. The summed E-state index contributed by atoms with van der Waals surface area (Å²) < 4.78 is 3.87. The van der Waals surface area contributed by atoms with Crippen molar-refractivity contribution in [3.8, 4) is 0 Å². The molecule has 0 aliphatic heterocycles. The molecule has 0 saturated heterocycles. The third-order valence-electron chi connectivity index (χ3n) is 3.62. The Morgan fingerprint density at radius 3 is 2.44 bits per heavy atom. The summed E-state index contributed by atoms with van der Waals surface area (Å²) >= 11 is 0. The number of carbonyl (C=O) groups is 2. The van der Waals surface area contributed by atoms with Gasteiger partial charge in [0.05, 0.1) is 0 Å². The smallest absolute Gasteiger partial charge is 0.414 e. The van der Waals surface area contributed by atoms with Crippen LogP contribution in [0.5, 0.6) is 0 Å². The van der Waals surface area contributed by atoms with Crippen molar-refractivity contribution in [3.63, 3.8) is 0 Å². The number of rotatable bonds is 5. The molecule has 0 atom stereocenters. The molecule has 2 heterocycles. The molecule has 0 radical (unpaired) electrons. The second kappa shape index (κ2) is 8.76. The molecule has 0 fully saturated rings. The number of likely N-dealkylation sites (N-methyl/N-ethyl adjacent to an activating group) is 1. The molecule has 0 saturated carbocycles. The summed E-state index contributed by atoms with van der Waals surface area (Å²) in [7, 11) is 5.98. The zero-order valence-electron chi connectivity index (χ0n) is 15.2. The molecule has 3 rings (SSSR count). The van der Waals surface area contributed by atoms with Gasteiger partial charge in [0.2, 0.25) is 5.95 Å². The van der Waals surface area contributed by atoms with E-state index in [2.05, 4.69) is 68.8 Å². The van der Waals surface area contributed by atoms with Gasteiger partial charge < -0.3 is 25.0 Å². The Balaban J connectivity index is 0.000000380. The molecule has 0 spiro atoms. The lowest BCUT2D eigenvalue weighted by Crippen LogP contribution is -2.17. The Bertz CT molecular complexity index is 920. The van der Waals surface area contributed by atoms with Gasteiger partial charge in [0.25, 0.3) is 0 Å². The number of carboxylic acids is 2. The second-order valence-electron chi connectivity index (χ2n) is 5.95. The Kier molecular flexibility index (Phi) is 6.44. The van der Waals surface area contributed by atoms with Crippen LogP contribution in [0.4, 0.5) is 11.6 Å². The fraction of sp³-hybridized carbons (Fsp3) is 0.312. The van der Waals surface area contributed by atoms with Crippen molar-refractivity contribution < 1.29 is 19.8 Å². The summed E-state index contributed by atoms with van der Waals surface area (Å²) in [6, 6.07) is 8.40. The van der Waals surface area contributed by atoms with Crippen LogP contribution in [0.25, 0.3) is 10.9 Å². The lowest BCUT2D eigenvalue weighted by atomic mass is 10.2. The van der Waals surface area contributed by atoms with E-state index in [0.29, 0.717) is 5.95 Å². The average Bonchev–Trinajstić information content (AvgIpc) is 3.19. The molecule has 0 bridgehead atoms. The number of benzene rings is 1. The molecule has 0 unspecified atom stereocenters. The summed E-state index contributed by atoms with van der Waals surface area (Å²) in [5.74, 6) is -3.02. The van der Waals surface area contributed by atoms with Crippen LogP contribution in [0.2, 0.25) is 0 Å². The number of aliphatic carboxylic acids is 2. The molecule has 2 aromatic heterocycles. The van der Waals surface area contributed by atoms with Crippen LogP contribution in [0.1, 0.15) is 0 Å². The van der Waals surface area contributed by atoms with Gasteiger partial charge in [-0.3, -0.25) is 0 Å². The van der Waals surface area contributed by atoms with Gasteiger partial charge in [0.1, 0.15) is 0 Å². The average molecular weight is 375 g/mol. The molecule has 11 nitrogen and oxygen atoms in total. The first kappa shape index (κ1) is 19.8. The molecule has 0 aliphatic rings. The summed E-state index contributed by atoms with van der Waals surface area (Å²) in [6.07, 6.45) is 2.13. The van der Waals surface area contributed by atoms with Gasteiger partial charge in [-0.15, -0.1) is 0 Å². The highest BCUT2D eigenvalue weighted by molar-refractivity contribution is 6.27. The van der Waals surface area contributed by atoms with Crippen molar-refractivity contribution >= 4 is 34.5 Å². The lowest BCUT2D eigenvalue weighted by molar-refractivity contribution is -0.159. The summed E-state index contributed by atoms with van der Waals surface area (Å²) in [6.45, 7) is 2.00. The van der Waals surface area contributed by atoms with Crippen LogP contribution in [0.15, 0.2) is 30.5 Å². The Morgan fingerprint density at radius 1 is 1.19 bits per heavy atom. The minimum Gasteiger partial charge on any atom is -0.473 e. The van der Waals surface area contributed by atoms with Crippen LogP contribution in [0, 0.1) is 0 Å². The number of nitrogens with one attached hydrogen (secondary N) is 1. The van der Waals surface area contributed by atoms with Crippen LogP contribution in [-0.2, 0) is 23.2 Å². The van der Waals surface area contributed by atoms with E-state index in [1.54, 1.807) is 11.7 Å². The Morgan fingerprint density at radius 2 is 1.89 bits per heavy atom. The van der Waals surface area contributed by atoms with E-state index < -0.39 is 11.9 Å². The highest BCUT2D eigenvalue weighted by Crippen LogP contribution is 2.22. The fourth-order valence-electron chi connectivity index (χ4n) is 2.25. The maximum Gasteiger partial charge on any atom is 0.414 e. The SMILES string of the molecule is CN(C)CCn1ccc2cc(Nc3nnnn3C)ccc21.O=C(O)C(=O)O. The molecular formula is C16H21N7O4. The van der Waals surface area contributed by atoms with Crippen molar-refractivity contribution in [1.82, 2.24) is 29.7 Å². The number of hydrogen-bond acceptors (Lipinski definition) is 7. The van der Waals surface area contributed by atoms with E-state index in [0.717, 1.165) is 18.8 Å². The van der Waals surface area contributed by atoms with E-state index in [4.69, 9.17) is 19.8 Å². The predicted octanol–water partition coefficient (Wildman–Crippen LogP) is 0.626. The topological polar surface area (TPSA) is 138 Å². The van der Waals surface area contributed by atoms with Crippen LogP contribution < -0.4 is 5.32 Å². The number of fused-ring (bicyclic) bond motifs is 1. The number of aromatic nitrogens is 5. The van der Waals surface area contributed by atoms with E-state index in [-0.39, 0.29) is 0 Å². The lowest BCUT2D eigenvalue weighted by Gasteiger charge is -2.11. The number of hydrogen-bond donors (Lipinski definition) is 3. The first-order valence-corrected chi connectivity index (χ1v) is 7.97. The summed E-state index contributed by atoms with van der Waals surface area (Å²) in [5.41, 5.74) is 2.21. The zero-order valence-corrected chi connectivity index (χ0v) is 15.2. The van der Waals surface area contributed by atoms with E-state index in [9.17, 15) is 0 Å². The second-order valence-corrected chi connectivity index (χ2v) is 5.95. The number of carboxylic acid groups (broad SMARTS) is 2. The molecule has 3 N–H and O–H groups in total. The van der Waals surface area contributed by atoms with Gasteiger partial charge in [0.15, 0.2) is 0 Å².